The van der Waals surface area contributed by atoms with E-state index < -0.39 is 17.5 Å². The van der Waals surface area contributed by atoms with Crippen LogP contribution < -0.4 is 0 Å². The van der Waals surface area contributed by atoms with Crippen molar-refractivity contribution in [1.29, 1.82) is 0 Å². The van der Waals surface area contributed by atoms with E-state index in [9.17, 15) is 9.59 Å². The molecule has 0 radical (unpaired) electrons. The van der Waals surface area contributed by atoms with Crippen LogP contribution in [-0.4, -0.2) is 48.7 Å². The average Bonchev–Trinajstić information content (AvgIpc) is 3.03. The normalized spacial score (nSPS) is 20.8. The van der Waals surface area contributed by atoms with Gasteiger partial charge in [-0.1, -0.05) is 13.3 Å². The molecule has 5 heteroatoms. The van der Waals surface area contributed by atoms with Crippen molar-refractivity contribution >= 4 is 11.9 Å². The van der Waals surface area contributed by atoms with E-state index in [1.165, 1.54) is 0 Å². The first-order valence-electron chi connectivity index (χ1n) is 6.22. The molecule has 0 bridgehead atoms. The summed E-state index contributed by atoms with van der Waals surface area (Å²) in [5.74, 6) is -0.955. The first-order chi connectivity index (χ1) is 8.13. The number of nitrogens with zero attached hydrogens (tertiary/aromatic N) is 1. The van der Waals surface area contributed by atoms with Crippen LogP contribution in [0.5, 0.6) is 0 Å². The molecule has 1 aliphatic heterocycles. The van der Waals surface area contributed by atoms with Gasteiger partial charge in [-0.25, -0.2) is 9.59 Å². The van der Waals surface area contributed by atoms with Gasteiger partial charge in [0.1, 0.15) is 0 Å². The van der Waals surface area contributed by atoms with Crippen molar-refractivity contribution in [3.63, 3.8) is 0 Å². The Labute approximate surface area is 102 Å². The second kappa shape index (κ2) is 6.00. The summed E-state index contributed by atoms with van der Waals surface area (Å²) in [5, 5.41) is 0. The van der Waals surface area contributed by atoms with Crippen LogP contribution in [0, 0.1) is 0 Å². The maximum absolute atomic E-state index is 11.9. The van der Waals surface area contributed by atoms with E-state index in [-0.39, 0.29) is 13.2 Å². The highest BCUT2D eigenvalue weighted by Crippen LogP contribution is 2.35. The molecule has 1 saturated heterocycles. The third-order valence-corrected chi connectivity index (χ3v) is 2.86. The number of carbonyl (C=O) groups excluding carboxylic acids is 2. The third-order valence-electron chi connectivity index (χ3n) is 2.86. The second-order valence-electron chi connectivity index (χ2n) is 4.08. The van der Waals surface area contributed by atoms with Crippen LogP contribution in [0.25, 0.3) is 0 Å². The molecule has 0 spiro atoms. The lowest BCUT2D eigenvalue weighted by Gasteiger charge is -2.14. The van der Waals surface area contributed by atoms with Crippen molar-refractivity contribution in [2.45, 2.75) is 39.2 Å². The van der Waals surface area contributed by atoms with Gasteiger partial charge in [0, 0.05) is 6.54 Å². The highest BCUT2D eigenvalue weighted by Gasteiger charge is 2.66. The van der Waals surface area contributed by atoms with Crippen molar-refractivity contribution in [2.75, 3.05) is 26.3 Å². The van der Waals surface area contributed by atoms with Crippen molar-refractivity contribution in [1.82, 2.24) is 4.90 Å². The zero-order valence-corrected chi connectivity index (χ0v) is 10.8. The number of rotatable bonds is 7. The van der Waals surface area contributed by atoms with E-state index in [2.05, 4.69) is 6.92 Å². The number of esters is 2. The molecular weight excluding hydrogens is 222 g/mol. The van der Waals surface area contributed by atoms with Gasteiger partial charge in [0.05, 0.1) is 13.2 Å². The Hall–Kier alpha value is -1.10. The van der Waals surface area contributed by atoms with Crippen molar-refractivity contribution in [3.8, 4) is 0 Å². The molecule has 1 atom stereocenters. The fraction of sp³-hybridized carbons (Fsp3) is 0.833. The highest BCUT2D eigenvalue weighted by molar-refractivity contribution is 6.08. The lowest BCUT2D eigenvalue weighted by Crippen LogP contribution is -2.41. The molecule has 0 aromatic heterocycles. The van der Waals surface area contributed by atoms with E-state index in [4.69, 9.17) is 9.47 Å². The topological polar surface area (TPSA) is 55.6 Å². The van der Waals surface area contributed by atoms with Crippen LogP contribution in [0.2, 0.25) is 0 Å². The summed E-state index contributed by atoms with van der Waals surface area (Å²) in [6.07, 6.45) is 1.98. The van der Waals surface area contributed by atoms with Gasteiger partial charge in [-0.3, -0.25) is 4.90 Å². The molecule has 1 fully saturated rings. The second-order valence-corrected chi connectivity index (χ2v) is 4.08. The van der Waals surface area contributed by atoms with Gasteiger partial charge in [0.2, 0.25) is 5.54 Å². The summed E-state index contributed by atoms with van der Waals surface area (Å²) in [5.41, 5.74) is -1.15. The smallest absolute Gasteiger partial charge is 0.339 e. The Morgan fingerprint density at radius 1 is 1.12 bits per heavy atom. The van der Waals surface area contributed by atoms with Gasteiger partial charge < -0.3 is 9.47 Å². The minimum absolute atomic E-state index is 0.279. The van der Waals surface area contributed by atoms with Crippen molar-refractivity contribution < 1.29 is 19.1 Å². The summed E-state index contributed by atoms with van der Waals surface area (Å²) in [6.45, 7) is 7.24. The molecule has 1 rings (SSSR count). The summed E-state index contributed by atoms with van der Waals surface area (Å²) in [6, 6.07) is 0. The molecule has 1 aliphatic rings. The Bertz CT molecular complexity index is 272. The van der Waals surface area contributed by atoms with Crippen LogP contribution in [-0.2, 0) is 19.1 Å². The van der Waals surface area contributed by atoms with Crippen LogP contribution in [0.1, 0.15) is 33.6 Å². The van der Waals surface area contributed by atoms with Crippen LogP contribution >= 0.6 is 0 Å². The van der Waals surface area contributed by atoms with Gasteiger partial charge in [-0.15, -0.1) is 0 Å². The predicted molar refractivity (Wildman–Crippen MR) is 62.5 cm³/mol. The standard InChI is InChI=1S/C12H21NO4/c1-4-7-8-13-9-12(13,10(14)16-5-2)11(15)17-6-3/h4-9H2,1-3H3. The number of unbranched alkanes of at least 4 members (excludes halogenated alkanes) is 1. The maximum atomic E-state index is 11.9. The Morgan fingerprint density at radius 3 is 2.06 bits per heavy atom. The molecule has 0 aromatic rings. The maximum Gasteiger partial charge on any atom is 0.339 e. The molecule has 0 amide bonds. The Balaban J connectivity index is 2.68. The van der Waals surface area contributed by atoms with E-state index in [1.54, 1.807) is 13.8 Å². The first kappa shape index (κ1) is 14.0. The molecule has 1 unspecified atom stereocenters. The summed E-state index contributed by atoms with van der Waals surface area (Å²) < 4.78 is 9.93. The van der Waals surface area contributed by atoms with E-state index in [1.807, 2.05) is 4.90 Å². The molecule has 0 aromatic carbocycles. The first-order valence-corrected chi connectivity index (χ1v) is 6.22. The lowest BCUT2D eigenvalue weighted by molar-refractivity contribution is -0.160. The quantitative estimate of drug-likeness (QED) is 0.379. The SMILES string of the molecule is CCCCN1CC1(C(=O)OCC)C(=O)OCC. The third kappa shape index (κ3) is 2.77. The fourth-order valence-electron chi connectivity index (χ4n) is 1.83. The minimum Gasteiger partial charge on any atom is -0.464 e. The largest absolute Gasteiger partial charge is 0.464 e. The zero-order valence-electron chi connectivity index (χ0n) is 10.8. The van der Waals surface area contributed by atoms with Gasteiger partial charge in [-0.05, 0) is 26.8 Å². The van der Waals surface area contributed by atoms with Crippen molar-refractivity contribution in [2.24, 2.45) is 0 Å². The number of hydrogen-bond donors (Lipinski definition) is 0. The van der Waals surface area contributed by atoms with Crippen molar-refractivity contribution in [3.05, 3.63) is 0 Å². The molecule has 98 valence electrons. The van der Waals surface area contributed by atoms with E-state index >= 15 is 0 Å². The fourth-order valence-corrected chi connectivity index (χ4v) is 1.83. The number of ether oxygens (including phenoxy) is 2. The summed E-state index contributed by atoms with van der Waals surface area (Å²) in [7, 11) is 0. The molecule has 0 saturated carbocycles. The number of hydrogen-bond acceptors (Lipinski definition) is 5. The van der Waals surface area contributed by atoms with Gasteiger partial charge >= 0.3 is 11.9 Å². The lowest BCUT2D eigenvalue weighted by atomic mass is 10.1. The average molecular weight is 243 g/mol. The molecule has 5 nitrogen and oxygen atoms in total. The summed E-state index contributed by atoms with van der Waals surface area (Å²) >= 11 is 0. The van der Waals surface area contributed by atoms with Crippen LogP contribution in [0.3, 0.4) is 0 Å². The van der Waals surface area contributed by atoms with Gasteiger partial charge in [0.15, 0.2) is 0 Å². The molecule has 0 aliphatic carbocycles. The van der Waals surface area contributed by atoms with Gasteiger partial charge in [0.25, 0.3) is 0 Å². The van der Waals surface area contributed by atoms with Gasteiger partial charge in [-0.2, -0.15) is 0 Å². The minimum atomic E-state index is -1.15. The number of carbonyl (C=O) groups is 2. The Kier molecular flexibility index (Phi) is 4.93. The summed E-state index contributed by atoms with van der Waals surface area (Å²) in [4.78, 5) is 25.5. The highest BCUT2D eigenvalue weighted by atomic mass is 16.6. The van der Waals surface area contributed by atoms with Crippen LogP contribution in [0.15, 0.2) is 0 Å². The Morgan fingerprint density at radius 2 is 1.65 bits per heavy atom. The molecule has 0 N–H and O–H groups in total. The molecular formula is C12H21NO4. The van der Waals surface area contributed by atoms with E-state index in [0.29, 0.717) is 6.54 Å². The van der Waals surface area contributed by atoms with E-state index in [0.717, 1.165) is 19.4 Å². The molecule has 17 heavy (non-hydrogen) atoms. The predicted octanol–water partition coefficient (Wildman–Crippen LogP) is 0.967. The van der Waals surface area contributed by atoms with Crippen LogP contribution in [0.4, 0.5) is 0 Å². The monoisotopic (exact) mass is 243 g/mol. The molecule has 1 heterocycles. The zero-order chi connectivity index (χ0) is 12.9.